The summed E-state index contributed by atoms with van der Waals surface area (Å²) >= 11 is 1.05. The molecule has 2 aliphatic heterocycles. The van der Waals surface area contributed by atoms with E-state index in [0.717, 1.165) is 30.2 Å². The molecule has 5 rings (SSSR count). The van der Waals surface area contributed by atoms with Gasteiger partial charge in [-0.25, -0.2) is 0 Å². The molecule has 0 saturated carbocycles. The highest BCUT2D eigenvalue weighted by molar-refractivity contribution is 8.15. The lowest BCUT2D eigenvalue weighted by molar-refractivity contribution is -0.129. The number of fused-ring (bicyclic) bond motifs is 1. The zero-order valence-corrected chi connectivity index (χ0v) is 19.5. The van der Waals surface area contributed by atoms with E-state index in [0.29, 0.717) is 40.8 Å². The molecule has 0 aliphatic carbocycles. The lowest BCUT2D eigenvalue weighted by Gasteiger charge is -2.38. The fourth-order valence-corrected chi connectivity index (χ4v) is 5.47. The smallest absolute Gasteiger partial charge is 0.252 e. The lowest BCUT2D eigenvalue weighted by atomic mass is 10.0. The molecule has 0 bridgehead atoms. The van der Waals surface area contributed by atoms with Crippen LogP contribution in [-0.2, 0) is 9.59 Å². The summed E-state index contributed by atoms with van der Waals surface area (Å²) < 4.78 is 5.92. The third-order valence-corrected chi connectivity index (χ3v) is 7.31. The number of carbonyl (C=O) groups excluding carboxylic acids is 3. The Hall–Kier alpha value is -3.23. The van der Waals surface area contributed by atoms with Crippen molar-refractivity contribution in [2.24, 2.45) is 0 Å². The zero-order valence-electron chi connectivity index (χ0n) is 18.7. The Bertz CT molecular complexity index is 1330. The maximum atomic E-state index is 13.0. The van der Waals surface area contributed by atoms with Crippen molar-refractivity contribution in [3.63, 3.8) is 0 Å². The first-order valence-electron chi connectivity index (χ1n) is 11.3. The second-order valence-electron chi connectivity index (χ2n) is 8.75. The van der Waals surface area contributed by atoms with Gasteiger partial charge in [0.2, 0.25) is 5.12 Å². The van der Waals surface area contributed by atoms with Crippen LogP contribution in [0.3, 0.4) is 0 Å². The van der Waals surface area contributed by atoms with Crippen molar-refractivity contribution in [2.75, 3.05) is 12.3 Å². The second kappa shape index (κ2) is 9.19. The lowest BCUT2D eigenvalue weighted by Crippen LogP contribution is -2.57. The zero-order chi connectivity index (χ0) is 23.8. The standard InChI is InChI=1S/C26H24N2O5S/c1-15-5-10-21-18(12-15)19(29)13-22(33-21)16-6-8-17(9-7-16)25(31)27-23-4-2-3-11-28(23)24-20(30)14-34-26(24)32/h5-10,12-13,23-24H,2-4,11,14H2,1H3,(H,27,31). The minimum Gasteiger partial charge on any atom is -0.456 e. The largest absolute Gasteiger partial charge is 0.456 e. The van der Waals surface area contributed by atoms with E-state index in [1.807, 2.05) is 17.9 Å². The molecule has 2 fully saturated rings. The molecule has 1 N–H and O–H groups in total. The monoisotopic (exact) mass is 476 g/mol. The molecule has 1 aromatic heterocycles. The number of thioether (sulfide) groups is 1. The van der Waals surface area contributed by atoms with Crippen LogP contribution in [0.15, 0.2) is 57.7 Å². The number of piperidine rings is 1. The second-order valence-corrected chi connectivity index (χ2v) is 9.73. The third kappa shape index (κ3) is 4.31. The number of carbonyl (C=O) groups is 3. The van der Waals surface area contributed by atoms with Crippen LogP contribution < -0.4 is 10.7 Å². The summed E-state index contributed by atoms with van der Waals surface area (Å²) in [5.74, 6) is 0.270. The SMILES string of the molecule is Cc1ccc2oc(-c3ccc(C(=O)NC4CCCCN4C4C(=O)CSC4=O)cc3)cc(=O)c2c1. The van der Waals surface area contributed by atoms with Crippen LogP contribution in [0, 0.1) is 6.92 Å². The quantitative estimate of drug-likeness (QED) is 0.576. The van der Waals surface area contributed by atoms with Gasteiger partial charge in [0.25, 0.3) is 5.91 Å². The number of hydrogen-bond acceptors (Lipinski definition) is 7. The normalized spacial score (nSPS) is 21.2. The highest BCUT2D eigenvalue weighted by atomic mass is 32.2. The van der Waals surface area contributed by atoms with E-state index < -0.39 is 6.04 Å². The van der Waals surface area contributed by atoms with E-state index in [2.05, 4.69) is 5.32 Å². The van der Waals surface area contributed by atoms with E-state index in [9.17, 15) is 19.2 Å². The number of hydrogen-bond donors (Lipinski definition) is 1. The molecule has 3 aromatic rings. The molecule has 174 valence electrons. The average molecular weight is 477 g/mol. The first-order valence-corrected chi connectivity index (χ1v) is 12.3. The van der Waals surface area contributed by atoms with Crippen LogP contribution in [0.25, 0.3) is 22.3 Å². The highest BCUT2D eigenvalue weighted by Gasteiger charge is 2.42. The summed E-state index contributed by atoms with van der Waals surface area (Å²) in [5.41, 5.74) is 2.52. The number of aryl methyl sites for hydroxylation is 1. The fourth-order valence-electron chi connectivity index (χ4n) is 4.60. The van der Waals surface area contributed by atoms with Gasteiger partial charge in [0.15, 0.2) is 11.2 Å². The van der Waals surface area contributed by atoms with E-state index in [1.54, 1.807) is 36.4 Å². The van der Waals surface area contributed by atoms with Crippen molar-refractivity contribution >= 4 is 39.5 Å². The minimum absolute atomic E-state index is 0.0902. The number of benzene rings is 2. The number of nitrogens with zero attached hydrogens (tertiary/aromatic N) is 1. The van der Waals surface area contributed by atoms with Crippen LogP contribution in [0.5, 0.6) is 0 Å². The van der Waals surface area contributed by atoms with Gasteiger partial charge in [-0.1, -0.05) is 35.5 Å². The Morgan fingerprint density at radius 3 is 2.59 bits per heavy atom. The van der Waals surface area contributed by atoms with Crippen molar-refractivity contribution < 1.29 is 18.8 Å². The van der Waals surface area contributed by atoms with Crippen molar-refractivity contribution in [1.82, 2.24) is 10.2 Å². The summed E-state index contributed by atoms with van der Waals surface area (Å²) in [7, 11) is 0. The van der Waals surface area contributed by atoms with Crippen molar-refractivity contribution in [2.45, 2.75) is 38.4 Å². The molecule has 2 aromatic carbocycles. The molecule has 3 heterocycles. The molecule has 2 atom stereocenters. The molecular formula is C26H24N2O5S. The average Bonchev–Trinajstić information content (AvgIpc) is 3.17. The van der Waals surface area contributed by atoms with Gasteiger partial charge in [0.05, 0.1) is 17.3 Å². The molecule has 34 heavy (non-hydrogen) atoms. The molecule has 1 amide bonds. The van der Waals surface area contributed by atoms with E-state index in [4.69, 9.17) is 4.42 Å². The van der Waals surface area contributed by atoms with Gasteiger partial charge < -0.3 is 9.73 Å². The van der Waals surface area contributed by atoms with Gasteiger partial charge in [-0.05, 0) is 50.5 Å². The predicted molar refractivity (Wildman–Crippen MR) is 131 cm³/mol. The first-order chi connectivity index (χ1) is 16.4. The summed E-state index contributed by atoms with van der Waals surface area (Å²) in [6.07, 6.45) is 2.13. The molecule has 2 saturated heterocycles. The summed E-state index contributed by atoms with van der Waals surface area (Å²) in [6, 6.07) is 13.0. The summed E-state index contributed by atoms with van der Waals surface area (Å²) in [6.45, 7) is 2.53. The molecular weight excluding hydrogens is 452 g/mol. The van der Waals surface area contributed by atoms with Crippen LogP contribution >= 0.6 is 11.8 Å². The number of likely N-dealkylation sites (tertiary alicyclic amines) is 1. The molecule has 7 nitrogen and oxygen atoms in total. The minimum atomic E-state index is -0.766. The van der Waals surface area contributed by atoms with Gasteiger partial charge >= 0.3 is 0 Å². The predicted octanol–water partition coefficient (Wildman–Crippen LogP) is 3.52. The van der Waals surface area contributed by atoms with Crippen LogP contribution in [0.1, 0.15) is 35.2 Å². The Morgan fingerprint density at radius 1 is 1.06 bits per heavy atom. The summed E-state index contributed by atoms with van der Waals surface area (Å²) in [5, 5.41) is 3.40. The maximum absolute atomic E-state index is 13.0. The van der Waals surface area contributed by atoms with E-state index >= 15 is 0 Å². The van der Waals surface area contributed by atoms with Gasteiger partial charge in [-0.2, -0.15) is 0 Å². The molecule has 0 spiro atoms. The number of amides is 1. The number of nitrogens with one attached hydrogen (secondary N) is 1. The molecule has 8 heteroatoms. The fraction of sp³-hybridized carbons (Fsp3) is 0.308. The highest BCUT2D eigenvalue weighted by Crippen LogP contribution is 2.27. The topological polar surface area (TPSA) is 96.7 Å². The van der Waals surface area contributed by atoms with Gasteiger partial charge in [-0.15, -0.1) is 0 Å². The van der Waals surface area contributed by atoms with Gasteiger partial charge in [-0.3, -0.25) is 24.1 Å². The molecule has 2 unspecified atom stereocenters. The van der Waals surface area contributed by atoms with Crippen LogP contribution in [0.4, 0.5) is 0 Å². The Balaban J connectivity index is 1.34. The number of rotatable bonds is 4. The van der Waals surface area contributed by atoms with Gasteiger partial charge in [0, 0.05) is 23.7 Å². The Labute approximate surface area is 200 Å². The summed E-state index contributed by atoms with van der Waals surface area (Å²) in [4.78, 5) is 51.8. The number of ketones is 1. The van der Waals surface area contributed by atoms with Crippen molar-refractivity contribution in [3.05, 3.63) is 69.9 Å². The van der Waals surface area contributed by atoms with Crippen molar-refractivity contribution in [1.29, 1.82) is 0 Å². The Morgan fingerprint density at radius 2 is 1.85 bits per heavy atom. The first kappa shape index (κ1) is 22.6. The van der Waals surface area contributed by atoms with Crippen LogP contribution in [0.2, 0.25) is 0 Å². The molecule has 0 radical (unpaired) electrons. The van der Waals surface area contributed by atoms with Gasteiger partial charge in [0.1, 0.15) is 17.4 Å². The van der Waals surface area contributed by atoms with Crippen molar-refractivity contribution in [3.8, 4) is 11.3 Å². The van der Waals surface area contributed by atoms with E-state index in [-0.39, 0.29) is 34.2 Å². The molecule has 2 aliphatic rings. The Kier molecular flexibility index (Phi) is 6.10. The number of Topliss-reactive ketones (excluding diaryl/α,β-unsaturated/α-hetero) is 1. The van der Waals surface area contributed by atoms with E-state index in [1.165, 1.54) is 6.07 Å². The third-order valence-electron chi connectivity index (χ3n) is 6.37. The maximum Gasteiger partial charge on any atom is 0.252 e. The van der Waals surface area contributed by atoms with Crippen LogP contribution in [-0.4, -0.2) is 46.2 Å².